The monoisotopic (exact) mass is 554 g/mol. The summed E-state index contributed by atoms with van der Waals surface area (Å²) in [4.78, 5) is 15.6. The fraction of sp³-hybridized carbons (Fsp3) is 0.333. The lowest BCUT2D eigenvalue weighted by Crippen LogP contribution is -2.33. The molecule has 3 heterocycles. The van der Waals surface area contributed by atoms with E-state index in [0.29, 0.717) is 30.8 Å². The third kappa shape index (κ3) is 5.25. The van der Waals surface area contributed by atoms with Crippen molar-refractivity contribution in [3.8, 4) is 27.6 Å². The minimum Gasteiger partial charge on any atom is -0.389 e. The molecular formula is C27H25F3N6O2S. The number of amides is 1. The molecule has 0 bridgehead atoms. The van der Waals surface area contributed by atoms with Crippen molar-refractivity contribution in [3.63, 3.8) is 0 Å². The van der Waals surface area contributed by atoms with Crippen LogP contribution in [-0.4, -0.2) is 62.7 Å². The van der Waals surface area contributed by atoms with Gasteiger partial charge in [-0.2, -0.15) is 5.26 Å². The number of fused-ring (bicyclic) bond motifs is 1. The number of nitrogens with zero attached hydrogens (tertiary/aromatic N) is 5. The molecule has 0 atom stereocenters. The lowest BCUT2D eigenvalue weighted by Gasteiger charge is -2.18. The van der Waals surface area contributed by atoms with Gasteiger partial charge in [0.1, 0.15) is 22.9 Å². The predicted molar refractivity (Wildman–Crippen MR) is 141 cm³/mol. The van der Waals surface area contributed by atoms with Crippen LogP contribution in [0, 0.1) is 28.8 Å². The number of rotatable bonds is 5. The van der Waals surface area contributed by atoms with Crippen molar-refractivity contribution in [3.05, 3.63) is 58.2 Å². The molecule has 0 radical (unpaired) electrons. The Morgan fingerprint density at radius 3 is 2.67 bits per heavy atom. The molecule has 4 aromatic rings. The van der Waals surface area contributed by atoms with E-state index >= 15 is 8.78 Å². The number of carbonyl (C=O) groups excluding carboxylic acids is 1. The summed E-state index contributed by atoms with van der Waals surface area (Å²) < 4.78 is 46.9. The molecule has 0 saturated carbocycles. The van der Waals surface area contributed by atoms with E-state index in [9.17, 15) is 14.3 Å². The smallest absolute Gasteiger partial charge is 0.264 e. The van der Waals surface area contributed by atoms with Crippen LogP contribution in [0.25, 0.3) is 32.6 Å². The van der Waals surface area contributed by atoms with E-state index in [1.165, 1.54) is 32.0 Å². The summed E-state index contributed by atoms with van der Waals surface area (Å²) in [5.74, 6) is -3.41. The zero-order chi connectivity index (χ0) is 27.9. The maximum atomic E-state index is 15.7. The summed E-state index contributed by atoms with van der Waals surface area (Å²) in [5, 5.41) is 30.4. The largest absolute Gasteiger partial charge is 0.389 e. The Morgan fingerprint density at radius 1 is 1.15 bits per heavy atom. The van der Waals surface area contributed by atoms with Gasteiger partial charge in [-0.3, -0.25) is 4.79 Å². The van der Waals surface area contributed by atoms with Gasteiger partial charge >= 0.3 is 0 Å². The first kappa shape index (κ1) is 26.8. The van der Waals surface area contributed by atoms with Gasteiger partial charge in [-0.25, -0.2) is 17.9 Å². The highest BCUT2D eigenvalue weighted by Gasteiger charge is 2.28. The normalized spacial score (nSPS) is 14.4. The summed E-state index contributed by atoms with van der Waals surface area (Å²) in [6, 6.07) is 8.59. The van der Waals surface area contributed by atoms with Gasteiger partial charge in [0.05, 0.1) is 22.6 Å². The number of benzene rings is 2. The number of carbonyl (C=O) groups is 1. The SMILES string of the molecule is CC(C)(O)Cn1nnc2cc(-c3sc(C(=O)N4CCCNCC4)cc3-c3ccc(C#N)c(F)c3)c(F)c(F)c21. The number of aromatic nitrogens is 3. The molecule has 0 unspecified atom stereocenters. The lowest BCUT2D eigenvalue weighted by molar-refractivity contribution is 0.0583. The summed E-state index contributed by atoms with van der Waals surface area (Å²) in [5.41, 5.74) is -1.08. The lowest BCUT2D eigenvalue weighted by atomic mass is 10.00. The van der Waals surface area contributed by atoms with Gasteiger partial charge in [-0.15, -0.1) is 16.4 Å². The quantitative estimate of drug-likeness (QED) is 0.381. The van der Waals surface area contributed by atoms with Gasteiger partial charge in [0.2, 0.25) is 0 Å². The highest BCUT2D eigenvalue weighted by Crippen LogP contribution is 2.43. The van der Waals surface area contributed by atoms with Crippen molar-refractivity contribution in [2.24, 2.45) is 0 Å². The van der Waals surface area contributed by atoms with Gasteiger partial charge in [0, 0.05) is 35.6 Å². The Kier molecular flexibility index (Phi) is 7.15. The fourth-order valence-corrected chi connectivity index (χ4v) is 5.76. The zero-order valence-electron chi connectivity index (χ0n) is 21.3. The van der Waals surface area contributed by atoms with Crippen LogP contribution < -0.4 is 5.32 Å². The van der Waals surface area contributed by atoms with Crippen LogP contribution >= 0.6 is 11.3 Å². The molecule has 0 spiro atoms. The average Bonchev–Trinajstić information content (AvgIpc) is 3.39. The second-order valence-electron chi connectivity index (χ2n) is 10.0. The van der Waals surface area contributed by atoms with Crippen LogP contribution in [-0.2, 0) is 6.54 Å². The molecule has 39 heavy (non-hydrogen) atoms. The molecule has 2 aromatic heterocycles. The summed E-state index contributed by atoms with van der Waals surface area (Å²) in [6.07, 6.45) is 0.772. The molecule has 0 aliphatic carbocycles. The molecular weight excluding hydrogens is 529 g/mol. The Bertz CT molecular complexity index is 1610. The number of hydrogen-bond donors (Lipinski definition) is 2. The number of hydrogen-bond acceptors (Lipinski definition) is 7. The van der Waals surface area contributed by atoms with Gasteiger partial charge in [0.25, 0.3) is 5.91 Å². The van der Waals surface area contributed by atoms with E-state index in [1.807, 2.05) is 0 Å². The minimum absolute atomic E-state index is 0.0602. The second-order valence-corrected chi connectivity index (χ2v) is 11.1. The van der Waals surface area contributed by atoms with Crippen LogP contribution in [0.15, 0.2) is 30.3 Å². The van der Waals surface area contributed by atoms with Gasteiger partial charge in [-0.05, 0) is 56.6 Å². The first-order valence-corrected chi connectivity index (χ1v) is 13.2. The Balaban J connectivity index is 1.67. The summed E-state index contributed by atoms with van der Waals surface area (Å²) in [6.45, 7) is 5.36. The van der Waals surface area contributed by atoms with Crippen LogP contribution in [0.4, 0.5) is 13.2 Å². The van der Waals surface area contributed by atoms with Gasteiger partial charge in [-0.1, -0.05) is 11.3 Å². The predicted octanol–water partition coefficient (Wildman–Crippen LogP) is 4.32. The molecule has 1 saturated heterocycles. The number of aliphatic hydroxyl groups is 1. The third-order valence-electron chi connectivity index (χ3n) is 6.43. The van der Waals surface area contributed by atoms with Crippen LogP contribution in [0.1, 0.15) is 35.5 Å². The maximum absolute atomic E-state index is 15.7. The number of nitriles is 1. The van der Waals surface area contributed by atoms with Crippen molar-refractivity contribution in [2.75, 3.05) is 26.2 Å². The van der Waals surface area contributed by atoms with Gasteiger partial charge in [0.15, 0.2) is 11.6 Å². The summed E-state index contributed by atoms with van der Waals surface area (Å²) in [7, 11) is 0. The van der Waals surface area contributed by atoms with Gasteiger partial charge < -0.3 is 15.3 Å². The third-order valence-corrected chi connectivity index (χ3v) is 7.59. The van der Waals surface area contributed by atoms with Crippen LogP contribution in [0.3, 0.4) is 0 Å². The van der Waals surface area contributed by atoms with Crippen LogP contribution in [0.2, 0.25) is 0 Å². The molecule has 1 fully saturated rings. The molecule has 8 nitrogen and oxygen atoms in total. The van der Waals surface area contributed by atoms with Crippen molar-refractivity contribution in [2.45, 2.75) is 32.4 Å². The number of thiophene rings is 1. The van der Waals surface area contributed by atoms with Crippen molar-refractivity contribution in [1.82, 2.24) is 25.2 Å². The standard InChI is InChI=1S/C27H25F3N6O2S/c1-27(2,38)14-36-24-20(33-34-36)11-18(22(29)23(24)30)25-17(15-4-5-16(13-31)19(28)10-15)12-21(39-25)26(37)35-8-3-6-32-7-9-35/h4-5,10-12,32,38H,3,6-9,14H2,1-2H3. The Morgan fingerprint density at radius 2 is 1.95 bits per heavy atom. The van der Waals surface area contributed by atoms with E-state index in [1.54, 1.807) is 17.0 Å². The molecule has 2 aromatic carbocycles. The van der Waals surface area contributed by atoms with E-state index in [0.717, 1.165) is 35.1 Å². The molecule has 202 valence electrons. The number of nitrogens with one attached hydrogen (secondary N) is 1. The minimum atomic E-state index is -1.25. The van der Waals surface area contributed by atoms with E-state index in [2.05, 4.69) is 15.6 Å². The highest BCUT2D eigenvalue weighted by molar-refractivity contribution is 7.18. The first-order chi connectivity index (χ1) is 18.6. The first-order valence-electron chi connectivity index (χ1n) is 12.3. The molecule has 5 rings (SSSR count). The average molecular weight is 555 g/mol. The van der Waals surface area contributed by atoms with Crippen molar-refractivity contribution in [1.29, 1.82) is 5.26 Å². The van der Waals surface area contributed by atoms with E-state index < -0.39 is 23.1 Å². The molecule has 1 amide bonds. The van der Waals surface area contributed by atoms with Crippen molar-refractivity contribution >= 4 is 28.3 Å². The zero-order valence-corrected chi connectivity index (χ0v) is 22.1. The number of halogens is 3. The summed E-state index contributed by atoms with van der Waals surface area (Å²) >= 11 is 0.979. The molecule has 2 N–H and O–H groups in total. The Hall–Kier alpha value is -3.79. The Labute approximate surface area is 226 Å². The molecule has 1 aliphatic rings. The highest BCUT2D eigenvalue weighted by atomic mass is 32.1. The topological polar surface area (TPSA) is 107 Å². The van der Waals surface area contributed by atoms with Crippen molar-refractivity contribution < 1.29 is 23.1 Å². The maximum Gasteiger partial charge on any atom is 0.264 e. The fourth-order valence-electron chi connectivity index (χ4n) is 4.60. The second kappa shape index (κ2) is 10.4. The van der Waals surface area contributed by atoms with E-state index in [4.69, 9.17) is 5.26 Å². The van der Waals surface area contributed by atoms with Crippen LogP contribution in [0.5, 0.6) is 0 Å². The molecule has 12 heteroatoms. The molecule has 1 aliphatic heterocycles. The van der Waals surface area contributed by atoms with E-state index in [-0.39, 0.29) is 44.4 Å².